The highest BCUT2D eigenvalue weighted by Crippen LogP contribution is 2.12. The molecule has 7 heteroatoms. The molecule has 3 amide bonds. The number of anilines is 1. The van der Waals surface area contributed by atoms with Gasteiger partial charge in [-0.25, -0.2) is 4.79 Å². The zero-order valence-corrected chi connectivity index (χ0v) is 11.0. The van der Waals surface area contributed by atoms with Crippen LogP contribution in [-0.4, -0.2) is 35.4 Å². The van der Waals surface area contributed by atoms with Crippen molar-refractivity contribution in [3.63, 3.8) is 0 Å². The highest BCUT2D eigenvalue weighted by Gasteiger charge is 2.27. The highest BCUT2D eigenvalue weighted by molar-refractivity contribution is 7.08. The summed E-state index contributed by atoms with van der Waals surface area (Å²) in [6.45, 7) is 4.11. The Bertz CT molecular complexity index is 481. The largest absolute Gasteiger partial charge is 0.348 e. The van der Waals surface area contributed by atoms with Crippen molar-refractivity contribution in [2.75, 3.05) is 11.9 Å². The van der Waals surface area contributed by atoms with Crippen molar-refractivity contribution in [2.24, 2.45) is 4.99 Å². The summed E-state index contributed by atoms with van der Waals surface area (Å²) in [5.41, 5.74) is 0.703. The zero-order chi connectivity index (χ0) is 13.1. The number of thiophene rings is 1. The van der Waals surface area contributed by atoms with Crippen molar-refractivity contribution in [3.05, 3.63) is 16.8 Å². The lowest BCUT2D eigenvalue weighted by atomic mass is 10.3. The average Bonchev–Trinajstić information content (AvgIpc) is 2.88. The first kappa shape index (κ1) is 12.6. The van der Waals surface area contributed by atoms with Crippen LogP contribution in [0.4, 0.5) is 10.5 Å². The maximum Gasteiger partial charge on any atom is 0.348 e. The normalized spacial score (nSPS) is 17.4. The molecule has 6 nitrogen and oxygen atoms in total. The molecule has 1 aliphatic rings. The van der Waals surface area contributed by atoms with E-state index in [-0.39, 0.29) is 18.5 Å². The summed E-state index contributed by atoms with van der Waals surface area (Å²) < 4.78 is 0. The van der Waals surface area contributed by atoms with Gasteiger partial charge in [0.15, 0.2) is 0 Å². The number of guanidine groups is 1. The van der Waals surface area contributed by atoms with Crippen LogP contribution in [0.1, 0.15) is 13.8 Å². The van der Waals surface area contributed by atoms with E-state index in [1.165, 1.54) is 11.3 Å². The highest BCUT2D eigenvalue weighted by atomic mass is 32.1. The van der Waals surface area contributed by atoms with Gasteiger partial charge in [0.25, 0.3) is 0 Å². The first-order chi connectivity index (χ1) is 8.56. The van der Waals surface area contributed by atoms with Crippen molar-refractivity contribution >= 4 is 34.9 Å². The Morgan fingerprint density at radius 2 is 2.39 bits per heavy atom. The number of amides is 3. The molecule has 0 radical (unpaired) electrons. The quantitative estimate of drug-likeness (QED) is 0.851. The lowest BCUT2D eigenvalue weighted by Crippen LogP contribution is -2.36. The van der Waals surface area contributed by atoms with E-state index >= 15 is 0 Å². The first-order valence-corrected chi connectivity index (χ1v) is 6.49. The van der Waals surface area contributed by atoms with Crippen molar-refractivity contribution in [2.45, 2.75) is 19.9 Å². The summed E-state index contributed by atoms with van der Waals surface area (Å²) in [6, 6.07) is 1.41. The average molecular weight is 266 g/mol. The van der Waals surface area contributed by atoms with E-state index in [0.29, 0.717) is 11.6 Å². The first-order valence-electron chi connectivity index (χ1n) is 5.54. The molecular weight excluding hydrogens is 252 g/mol. The standard InChI is InChI=1S/C11H14N4O2S/c1-7(2)15-5-9(16)13-10(15)14-11(17)12-8-3-4-18-6-8/h3-4,6-7H,5H2,1-2H3,(H2,12,13,14,16,17). The molecule has 0 saturated carbocycles. The maximum absolute atomic E-state index is 11.7. The van der Waals surface area contributed by atoms with Gasteiger partial charge in [0, 0.05) is 11.4 Å². The van der Waals surface area contributed by atoms with Gasteiger partial charge in [0.05, 0.1) is 5.69 Å². The lowest BCUT2D eigenvalue weighted by molar-refractivity contribution is -0.118. The Morgan fingerprint density at radius 3 is 3.00 bits per heavy atom. The maximum atomic E-state index is 11.7. The number of aliphatic imine (C=N–C) groups is 1. The number of nitrogens with zero attached hydrogens (tertiary/aromatic N) is 2. The van der Waals surface area contributed by atoms with Crippen LogP contribution in [0.3, 0.4) is 0 Å². The van der Waals surface area contributed by atoms with Crippen LogP contribution in [0, 0.1) is 0 Å². The summed E-state index contributed by atoms with van der Waals surface area (Å²) in [7, 11) is 0. The zero-order valence-electron chi connectivity index (χ0n) is 10.1. The molecule has 0 unspecified atom stereocenters. The number of nitrogens with one attached hydrogen (secondary N) is 2. The smallest absolute Gasteiger partial charge is 0.330 e. The molecule has 0 bridgehead atoms. The van der Waals surface area contributed by atoms with Gasteiger partial charge in [0.2, 0.25) is 11.9 Å². The third kappa shape index (κ3) is 2.86. The molecule has 18 heavy (non-hydrogen) atoms. The van der Waals surface area contributed by atoms with Crippen LogP contribution in [0.5, 0.6) is 0 Å². The predicted molar refractivity (Wildman–Crippen MR) is 70.8 cm³/mol. The van der Waals surface area contributed by atoms with E-state index in [9.17, 15) is 9.59 Å². The second-order valence-electron chi connectivity index (χ2n) is 4.15. The molecule has 2 heterocycles. The Hall–Kier alpha value is -1.89. The molecule has 0 spiro atoms. The molecule has 1 fully saturated rings. The fraction of sp³-hybridized carbons (Fsp3) is 0.364. The van der Waals surface area contributed by atoms with Crippen LogP contribution in [0.25, 0.3) is 0 Å². The predicted octanol–water partition coefficient (Wildman–Crippen LogP) is 1.48. The van der Waals surface area contributed by atoms with Crippen LogP contribution in [-0.2, 0) is 4.79 Å². The Morgan fingerprint density at radius 1 is 1.61 bits per heavy atom. The van der Waals surface area contributed by atoms with Crippen LogP contribution < -0.4 is 10.6 Å². The Kier molecular flexibility index (Phi) is 3.61. The summed E-state index contributed by atoms with van der Waals surface area (Å²) >= 11 is 1.49. The Balaban J connectivity index is 2.07. The van der Waals surface area contributed by atoms with Gasteiger partial charge in [-0.1, -0.05) is 0 Å². The molecule has 0 aromatic carbocycles. The molecule has 96 valence electrons. The molecule has 2 rings (SSSR count). The van der Waals surface area contributed by atoms with E-state index < -0.39 is 6.03 Å². The SMILES string of the molecule is CC(C)N1CC(=O)N/C1=N/C(=O)Nc1ccsc1. The van der Waals surface area contributed by atoms with Gasteiger partial charge in [-0.3, -0.25) is 10.1 Å². The topological polar surface area (TPSA) is 73.8 Å². The van der Waals surface area contributed by atoms with E-state index in [2.05, 4.69) is 15.6 Å². The summed E-state index contributed by atoms with van der Waals surface area (Å²) in [4.78, 5) is 28.6. The summed E-state index contributed by atoms with van der Waals surface area (Å²) in [5, 5.41) is 8.88. The Labute approximate surface area is 109 Å². The fourth-order valence-electron chi connectivity index (χ4n) is 1.57. The molecule has 0 atom stereocenters. The van der Waals surface area contributed by atoms with Gasteiger partial charge in [-0.2, -0.15) is 16.3 Å². The second-order valence-corrected chi connectivity index (χ2v) is 4.93. The van der Waals surface area contributed by atoms with Gasteiger partial charge in [-0.05, 0) is 25.3 Å². The third-order valence-electron chi connectivity index (χ3n) is 2.44. The van der Waals surface area contributed by atoms with Crippen LogP contribution in [0.15, 0.2) is 21.8 Å². The van der Waals surface area contributed by atoms with Gasteiger partial charge in [-0.15, -0.1) is 0 Å². The van der Waals surface area contributed by atoms with Crippen LogP contribution >= 0.6 is 11.3 Å². The summed E-state index contributed by atoms with van der Waals surface area (Å²) in [5.74, 6) is 0.161. The molecule has 1 aliphatic heterocycles. The number of carbonyl (C=O) groups excluding carboxylic acids is 2. The number of hydrogen-bond donors (Lipinski definition) is 2. The minimum Gasteiger partial charge on any atom is -0.330 e. The number of urea groups is 1. The summed E-state index contributed by atoms with van der Waals surface area (Å²) in [6.07, 6.45) is 0. The van der Waals surface area contributed by atoms with E-state index in [1.807, 2.05) is 24.6 Å². The second kappa shape index (κ2) is 5.18. The van der Waals surface area contributed by atoms with Crippen molar-refractivity contribution < 1.29 is 9.59 Å². The van der Waals surface area contributed by atoms with Crippen molar-refractivity contribution in [3.8, 4) is 0 Å². The van der Waals surface area contributed by atoms with Gasteiger partial charge in [0.1, 0.15) is 6.54 Å². The van der Waals surface area contributed by atoms with Crippen molar-refractivity contribution in [1.82, 2.24) is 10.2 Å². The monoisotopic (exact) mass is 266 g/mol. The van der Waals surface area contributed by atoms with E-state index in [4.69, 9.17) is 0 Å². The minimum atomic E-state index is -0.490. The molecule has 1 aromatic heterocycles. The fourth-order valence-corrected chi connectivity index (χ4v) is 2.16. The van der Waals surface area contributed by atoms with Gasteiger partial charge < -0.3 is 10.2 Å². The van der Waals surface area contributed by atoms with E-state index in [1.54, 1.807) is 11.0 Å². The number of hydrogen-bond acceptors (Lipinski definition) is 3. The van der Waals surface area contributed by atoms with E-state index in [0.717, 1.165) is 0 Å². The molecule has 1 saturated heterocycles. The minimum absolute atomic E-state index is 0.108. The third-order valence-corrected chi connectivity index (χ3v) is 3.12. The number of rotatable bonds is 2. The molecule has 2 N–H and O–H groups in total. The lowest BCUT2D eigenvalue weighted by Gasteiger charge is -2.20. The molecule has 0 aliphatic carbocycles. The van der Waals surface area contributed by atoms with Gasteiger partial charge >= 0.3 is 6.03 Å². The van der Waals surface area contributed by atoms with Crippen LogP contribution in [0.2, 0.25) is 0 Å². The van der Waals surface area contributed by atoms with Crippen molar-refractivity contribution in [1.29, 1.82) is 0 Å². The molecular formula is C11H14N4O2S. The number of carbonyl (C=O) groups is 2. The molecule has 1 aromatic rings.